The third-order valence-corrected chi connectivity index (χ3v) is 2.34. The molecular weight excluding hydrogens is 309 g/mol. The van der Waals surface area contributed by atoms with Gasteiger partial charge in [0.15, 0.2) is 6.61 Å². The molecule has 0 atom stereocenters. The Kier molecular flexibility index (Phi) is 3.81. The van der Waals surface area contributed by atoms with Crippen molar-refractivity contribution in [1.29, 1.82) is 0 Å². The summed E-state index contributed by atoms with van der Waals surface area (Å²) in [7, 11) is 0. The number of benzene rings is 1. The lowest BCUT2D eigenvalue weighted by Gasteiger charge is -2.10. The van der Waals surface area contributed by atoms with Crippen molar-refractivity contribution in [2.45, 2.75) is 6.18 Å². The van der Waals surface area contributed by atoms with E-state index in [0.29, 0.717) is 0 Å². The van der Waals surface area contributed by atoms with E-state index in [9.17, 15) is 23.3 Å². The predicted octanol–water partition coefficient (Wildman–Crippen LogP) is 2.88. The number of nitrogens with two attached hydrogens (primary N) is 1. The monoisotopic (exact) mass is 314 g/mol. The summed E-state index contributed by atoms with van der Waals surface area (Å²) in [5, 5.41) is 10.6. The van der Waals surface area contributed by atoms with Crippen LogP contribution in [0.5, 0.6) is 5.75 Å². The Hall–Kier alpha value is -1.51. The van der Waals surface area contributed by atoms with E-state index in [2.05, 4.69) is 20.7 Å². The molecule has 0 saturated heterocycles. The molecule has 17 heavy (non-hydrogen) atoms. The van der Waals surface area contributed by atoms with Crippen LogP contribution < -0.4 is 10.5 Å². The van der Waals surface area contributed by atoms with Gasteiger partial charge in [-0.25, -0.2) is 0 Å². The van der Waals surface area contributed by atoms with Crippen LogP contribution in [0.2, 0.25) is 0 Å². The minimum absolute atomic E-state index is 0.101. The molecule has 0 unspecified atom stereocenters. The average Bonchev–Trinajstić information content (AvgIpc) is 2.18. The molecule has 1 aromatic carbocycles. The van der Waals surface area contributed by atoms with E-state index in [1.165, 1.54) is 0 Å². The van der Waals surface area contributed by atoms with Crippen LogP contribution in [0.3, 0.4) is 0 Å². The quantitative estimate of drug-likeness (QED) is 0.528. The second kappa shape index (κ2) is 4.78. The van der Waals surface area contributed by atoms with Crippen molar-refractivity contribution in [3.63, 3.8) is 0 Å². The molecule has 0 bridgehead atoms. The molecule has 2 N–H and O–H groups in total. The van der Waals surface area contributed by atoms with Crippen LogP contribution in [-0.2, 0) is 0 Å². The fraction of sp³-hybridized carbons (Fsp3) is 0.250. The van der Waals surface area contributed by atoms with Crippen LogP contribution in [0.1, 0.15) is 0 Å². The third-order valence-electron chi connectivity index (χ3n) is 1.68. The highest BCUT2D eigenvalue weighted by atomic mass is 79.9. The number of hydrogen-bond acceptors (Lipinski definition) is 4. The van der Waals surface area contributed by atoms with Crippen molar-refractivity contribution in [1.82, 2.24) is 0 Å². The van der Waals surface area contributed by atoms with Crippen molar-refractivity contribution in [3.05, 3.63) is 26.7 Å². The van der Waals surface area contributed by atoms with Gasteiger partial charge < -0.3 is 10.5 Å². The normalized spacial score (nSPS) is 11.3. The van der Waals surface area contributed by atoms with E-state index < -0.39 is 23.4 Å². The molecular formula is C8H6BrF3N2O3. The number of hydrogen-bond donors (Lipinski definition) is 1. The first kappa shape index (κ1) is 13.6. The number of alkyl halides is 3. The van der Waals surface area contributed by atoms with Crippen molar-refractivity contribution in [3.8, 4) is 5.75 Å². The van der Waals surface area contributed by atoms with Crippen molar-refractivity contribution < 1.29 is 22.8 Å². The summed E-state index contributed by atoms with van der Waals surface area (Å²) >= 11 is 2.89. The molecule has 94 valence electrons. The Labute approximate surface area is 102 Å². The molecule has 0 aliphatic carbocycles. The van der Waals surface area contributed by atoms with Crippen LogP contribution in [0.25, 0.3) is 0 Å². The minimum atomic E-state index is -4.51. The Bertz CT molecular complexity index is 450. The second-order valence-electron chi connectivity index (χ2n) is 3.00. The lowest BCUT2D eigenvalue weighted by Crippen LogP contribution is -2.19. The summed E-state index contributed by atoms with van der Waals surface area (Å²) in [5.74, 6) is -0.282. The van der Waals surface area contributed by atoms with Gasteiger partial charge in [0.05, 0.1) is 15.5 Å². The lowest BCUT2D eigenvalue weighted by molar-refractivity contribution is -0.384. The van der Waals surface area contributed by atoms with E-state index in [0.717, 1.165) is 12.1 Å². The van der Waals surface area contributed by atoms with Gasteiger partial charge in [-0.05, 0) is 22.0 Å². The van der Waals surface area contributed by atoms with E-state index in [4.69, 9.17) is 5.73 Å². The average molecular weight is 315 g/mol. The zero-order chi connectivity index (χ0) is 13.2. The van der Waals surface area contributed by atoms with E-state index >= 15 is 0 Å². The maximum atomic E-state index is 11.9. The summed E-state index contributed by atoms with van der Waals surface area (Å²) in [4.78, 5) is 9.75. The van der Waals surface area contributed by atoms with E-state index in [1.54, 1.807) is 0 Å². The van der Waals surface area contributed by atoms with E-state index in [1.807, 2.05) is 0 Å². The van der Waals surface area contributed by atoms with Gasteiger partial charge in [-0.15, -0.1) is 0 Å². The smallest absolute Gasteiger partial charge is 0.422 e. The maximum absolute atomic E-state index is 11.9. The van der Waals surface area contributed by atoms with Gasteiger partial charge in [0.25, 0.3) is 5.69 Å². The van der Waals surface area contributed by atoms with Gasteiger partial charge in [0.1, 0.15) is 11.4 Å². The third kappa shape index (κ3) is 3.77. The molecule has 0 saturated carbocycles. The fourth-order valence-corrected chi connectivity index (χ4v) is 1.41. The summed E-state index contributed by atoms with van der Waals surface area (Å²) in [5.41, 5.74) is 4.68. The zero-order valence-corrected chi connectivity index (χ0v) is 9.71. The van der Waals surface area contributed by atoms with Gasteiger partial charge in [0.2, 0.25) is 0 Å². The van der Waals surface area contributed by atoms with Crippen LogP contribution in [0, 0.1) is 10.1 Å². The van der Waals surface area contributed by atoms with Crippen molar-refractivity contribution >= 4 is 27.3 Å². The maximum Gasteiger partial charge on any atom is 0.422 e. The van der Waals surface area contributed by atoms with Crippen molar-refractivity contribution in [2.75, 3.05) is 12.3 Å². The van der Waals surface area contributed by atoms with Gasteiger partial charge in [-0.1, -0.05) is 0 Å². The largest absolute Gasteiger partial charge is 0.484 e. The Balaban J connectivity index is 2.99. The molecule has 1 rings (SSSR count). The summed E-state index contributed by atoms with van der Waals surface area (Å²) in [6, 6.07) is 1.97. The van der Waals surface area contributed by atoms with Crippen molar-refractivity contribution in [2.24, 2.45) is 0 Å². The molecule has 0 heterocycles. The molecule has 0 aliphatic heterocycles. The topological polar surface area (TPSA) is 78.4 Å². The predicted molar refractivity (Wildman–Crippen MR) is 56.8 cm³/mol. The number of rotatable bonds is 3. The standard InChI is InChI=1S/C8H6BrF3N2O3/c9-5-1-4(17-3-8(10,11)12)2-6(7(5)13)14(15)16/h1-2H,3,13H2. The van der Waals surface area contributed by atoms with Gasteiger partial charge in [-0.3, -0.25) is 10.1 Å². The Morgan fingerprint density at radius 1 is 1.47 bits per heavy atom. The first-order valence-corrected chi connectivity index (χ1v) is 4.93. The van der Waals surface area contributed by atoms with Crippen LogP contribution in [0.15, 0.2) is 16.6 Å². The Morgan fingerprint density at radius 2 is 2.06 bits per heavy atom. The molecule has 0 amide bonds. The number of ether oxygens (including phenoxy) is 1. The van der Waals surface area contributed by atoms with Crippen LogP contribution in [-0.4, -0.2) is 17.7 Å². The highest BCUT2D eigenvalue weighted by Crippen LogP contribution is 2.34. The molecule has 0 aromatic heterocycles. The summed E-state index contributed by atoms with van der Waals surface area (Å²) in [6.07, 6.45) is -4.51. The Morgan fingerprint density at radius 3 is 2.53 bits per heavy atom. The minimum Gasteiger partial charge on any atom is -0.484 e. The highest BCUT2D eigenvalue weighted by Gasteiger charge is 2.29. The zero-order valence-electron chi connectivity index (χ0n) is 8.12. The number of nitrogens with zero attached hydrogens (tertiary/aromatic N) is 1. The van der Waals surface area contributed by atoms with Gasteiger partial charge >= 0.3 is 6.18 Å². The number of anilines is 1. The SMILES string of the molecule is Nc1c(Br)cc(OCC(F)(F)F)cc1[N+](=O)[O-]. The van der Waals surface area contributed by atoms with Gasteiger partial charge in [-0.2, -0.15) is 13.2 Å². The number of halogens is 4. The van der Waals surface area contributed by atoms with Crippen LogP contribution >= 0.6 is 15.9 Å². The molecule has 5 nitrogen and oxygen atoms in total. The lowest BCUT2D eigenvalue weighted by atomic mass is 10.2. The summed E-state index contributed by atoms with van der Waals surface area (Å²) < 4.78 is 40.1. The molecule has 1 aromatic rings. The molecule has 0 aliphatic rings. The molecule has 0 radical (unpaired) electrons. The van der Waals surface area contributed by atoms with Gasteiger partial charge in [0, 0.05) is 0 Å². The van der Waals surface area contributed by atoms with Crippen LogP contribution in [0.4, 0.5) is 24.5 Å². The highest BCUT2D eigenvalue weighted by molar-refractivity contribution is 9.10. The number of nitro groups is 1. The first-order chi connectivity index (χ1) is 7.70. The first-order valence-electron chi connectivity index (χ1n) is 4.13. The molecule has 0 fully saturated rings. The molecule has 9 heteroatoms. The summed E-state index contributed by atoms with van der Waals surface area (Å²) in [6.45, 7) is -1.53. The number of nitro benzene ring substituents is 1. The second-order valence-corrected chi connectivity index (χ2v) is 3.85. The van der Waals surface area contributed by atoms with E-state index in [-0.39, 0.29) is 15.9 Å². The molecule has 0 spiro atoms. The fourth-order valence-electron chi connectivity index (χ4n) is 0.979. The number of nitrogen functional groups attached to an aromatic ring is 1.